The van der Waals surface area contributed by atoms with Crippen LogP contribution in [0.1, 0.15) is 39.4 Å². The van der Waals surface area contributed by atoms with E-state index in [9.17, 15) is 4.79 Å². The molecule has 0 radical (unpaired) electrons. The SMILES string of the molecule is Cn1c(CN(CC2CC2)C(=O)OC(C)(C)C)nc2ccccc21. The van der Waals surface area contributed by atoms with Crippen molar-refractivity contribution in [3.05, 3.63) is 30.1 Å². The number of rotatable bonds is 4. The van der Waals surface area contributed by atoms with Crippen LogP contribution in [0.4, 0.5) is 4.79 Å². The Bertz CT molecular complexity index is 711. The molecular formula is C18H25N3O2. The Morgan fingerprint density at radius 2 is 2.04 bits per heavy atom. The van der Waals surface area contributed by atoms with Gasteiger partial charge in [-0.2, -0.15) is 0 Å². The molecule has 0 aliphatic heterocycles. The molecule has 0 atom stereocenters. The van der Waals surface area contributed by atoms with Crippen LogP contribution >= 0.6 is 0 Å². The van der Waals surface area contributed by atoms with E-state index in [1.54, 1.807) is 4.90 Å². The second kappa shape index (κ2) is 5.87. The lowest BCUT2D eigenvalue weighted by Crippen LogP contribution is -2.38. The van der Waals surface area contributed by atoms with Crippen molar-refractivity contribution in [3.63, 3.8) is 0 Å². The molecule has 0 spiro atoms. The average molecular weight is 315 g/mol. The van der Waals surface area contributed by atoms with E-state index >= 15 is 0 Å². The number of carbonyl (C=O) groups excluding carboxylic acids is 1. The number of ether oxygens (including phenoxy) is 1. The highest BCUT2D eigenvalue weighted by Gasteiger charge is 2.30. The minimum Gasteiger partial charge on any atom is -0.444 e. The van der Waals surface area contributed by atoms with Crippen LogP contribution < -0.4 is 0 Å². The maximum Gasteiger partial charge on any atom is 0.410 e. The van der Waals surface area contributed by atoms with Crippen molar-refractivity contribution in [2.45, 2.75) is 45.8 Å². The molecule has 1 aromatic carbocycles. The van der Waals surface area contributed by atoms with Gasteiger partial charge in [0.2, 0.25) is 0 Å². The number of para-hydroxylation sites is 2. The highest BCUT2D eigenvalue weighted by Crippen LogP contribution is 2.31. The van der Waals surface area contributed by atoms with Crippen molar-refractivity contribution < 1.29 is 9.53 Å². The van der Waals surface area contributed by atoms with E-state index in [1.807, 2.05) is 52.1 Å². The molecule has 1 heterocycles. The quantitative estimate of drug-likeness (QED) is 0.864. The maximum absolute atomic E-state index is 12.5. The molecule has 23 heavy (non-hydrogen) atoms. The lowest BCUT2D eigenvalue weighted by atomic mass is 10.2. The molecule has 1 aromatic heterocycles. The largest absolute Gasteiger partial charge is 0.444 e. The van der Waals surface area contributed by atoms with Crippen molar-refractivity contribution in [3.8, 4) is 0 Å². The third-order valence-corrected chi connectivity index (χ3v) is 4.04. The first-order valence-electron chi connectivity index (χ1n) is 8.22. The van der Waals surface area contributed by atoms with Crippen molar-refractivity contribution in [1.29, 1.82) is 0 Å². The van der Waals surface area contributed by atoms with Crippen LogP contribution in [-0.2, 0) is 18.3 Å². The minimum absolute atomic E-state index is 0.253. The number of aromatic nitrogens is 2. The van der Waals surface area contributed by atoms with E-state index in [4.69, 9.17) is 4.74 Å². The van der Waals surface area contributed by atoms with Crippen LogP contribution in [0.2, 0.25) is 0 Å². The van der Waals surface area contributed by atoms with Crippen LogP contribution in [0.5, 0.6) is 0 Å². The van der Waals surface area contributed by atoms with E-state index in [-0.39, 0.29) is 6.09 Å². The first kappa shape index (κ1) is 15.8. The van der Waals surface area contributed by atoms with Gasteiger partial charge in [-0.3, -0.25) is 0 Å². The van der Waals surface area contributed by atoms with Gasteiger partial charge in [-0.05, 0) is 51.7 Å². The molecule has 0 unspecified atom stereocenters. The standard InChI is InChI=1S/C18H25N3O2/c1-18(2,3)23-17(22)21(11-13-9-10-13)12-16-19-14-7-5-6-8-15(14)20(16)4/h5-8,13H,9-12H2,1-4H3. The summed E-state index contributed by atoms with van der Waals surface area (Å²) >= 11 is 0. The van der Waals surface area contributed by atoms with Gasteiger partial charge in [0.1, 0.15) is 11.4 Å². The monoisotopic (exact) mass is 315 g/mol. The molecule has 0 saturated heterocycles. The Labute approximate surface area is 137 Å². The van der Waals surface area contributed by atoms with Gasteiger partial charge < -0.3 is 14.2 Å². The van der Waals surface area contributed by atoms with Crippen LogP contribution in [0.25, 0.3) is 11.0 Å². The van der Waals surface area contributed by atoms with E-state index in [0.717, 1.165) is 23.4 Å². The number of amides is 1. The third kappa shape index (κ3) is 3.84. The fourth-order valence-electron chi connectivity index (χ4n) is 2.65. The van der Waals surface area contributed by atoms with Crippen molar-refractivity contribution in [2.24, 2.45) is 13.0 Å². The van der Waals surface area contributed by atoms with Gasteiger partial charge in [0, 0.05) is 13.6 Å². The molecule has 1 amide bonds. The lowest BCUT2D eigenvalue weighted by molar-refractivity contribution is 0.0218. The van der Waals surface area contributed by atoms with Crippen LogP contribution in [0, 0.1) is 5.92 Å². The van der Waals surface area contributed by atoms with E-state index in [0.29, 0.717) is 12.5 Å². The summed E-state index contributed by atoms with van der Waals surface area (Å²) in [5, 5.41) is 0. The van der Waals surface area contributed by atoms with Crippen molar-refractivity contribution in [1.82, 2.24) is 14.5 Å². The molecule has 0 bridgehead atoms. The molecule has 1 fully saturated rings. The first-order valence-corrected chi connectivity index (χ1v) is 8.22. The van der Waals surface area contributed by atoms with Gasteiger partial charge in [-0.1, -0.05) is 12.1 Å². The van der Waals surface area contributed by atoms with Crippen LogP contribution in [0.15, 0.2) is 24.3 Å². The van der Waals surface area contributed by atoms with E-state index in [1.165, 1.54) is 12.8 Å². The average Bonchev–Trinajstić information content (AvgIpc) is 3.22. The number of imidazole rings is 1. The Morgan fingerprint density at radius 1 is 1.35 bits per heavy atom. The molecule has 5 heteroatoms. The molecule has 1 saturated carbocycles. The molecule has 1 aliphatic rings. The van der Waals surface area contributed by atoms with Gasteiger partial charge in [-0.25, -0.2) is 9.78 Å². The predicted molar refractivity (Wildman–Crippen MR) is 90.1 cm³/mol. The number of hydrogen-bond acceptors (Lipinski definition) is 3. The number of nitrogens with zero attached hydrogens (tertiary/aromatic N) is 3. The number of fused-ring (bicyclic) bond motifs is 1. The zero-order valence-electron chi connectivity index (χ0n) is 14.4. The Balaban J connectivity index is 1.81. The normalized spacial score (nSPS) is 15.0. The van der Waals surface area contributed by atoms with Crippen LogP contribution in [0.3, 0.4) is 0 Å². The molecular weight excluding hydrogens is 290 g/mol. The zero-order chi connectivity index (χ0) is 16.6. The summed E-state index contributed by atoms with van der Waals surface area (Å²) < 4.78 is 7.62. The summed E-state index contributed by atoms with van der Waals surface area (Å²) in [4.78, 5) is 19.0. The molecule has 2 aromatic rings. The fraction of sp³-hybridized carbons (Fsp3) is 0.556. The molecule has 3 rings (SSSR count). The number of carbonyl (C=O) groups is 1. The van der Waals surface area contributed by atoms with Crippen molar-refractivity contribution >= 4 is 17.1 Å². The maximum atomic E-state index is 12.5. The Hall–Kier alpha value is -2.04. The Morgan fingerprint density at radius 3 is 2.65 bits per heavy atom. The van der Waals surface area contributed by atoms with Gasteiger partial charge >= 0.3 is 6.09 Å². The second-order valence-corrected chi connectivity index (χ2v) is 7.38. The molecule has 0 N–H and O–H groups in total. The lowest BCUT2D eigenvalue weighted by Gasteiger charge is -2.27. The summed E-state index contributed by atoms with van der Waals surface area (Å²) in [5.74, 6) is 1.50. The summed E-state index contributed by atoms with van der Waals surface area (Å²) in [7, 11) is 2.00. The van der Waals surface area contributed by atoms with Gasteiger partial charge in [0.25, 0.3) is 0 Å². The van der Waals surface area contributed by atoms with Crippen LogP contribution in [-0.4, -0.2) is 32.7 Å². The third-order valence-electron chi connectivity index (χ3n) is 4.04. The minimum atomic E-state index is -0.481. The summed E-state index contributed by atoms with van der Waals surface area (Å²) in [6, 6.07) is 8.03. The fourth-order valence-corrected chi connectivity index (χ4v) is 2.65. The predicted octanol–water partition coefficient (Wildman–Crippen LogP) is 3.72. The first-order chi connectivity index (χ1) is 10.8. The zero-order valence-corrected chi connectivity index (χ0v) is 14.4. The smallest absolute Gasteiger partial charge is 0.410 e. The highest BCUT2D eigenvalue weighted by molar-refractivity contribution is 5.76. The number of benzene rings is 1. The van der Waals surface area contributed by atoms with Crippen molar-refractivity contribution in [2.75, 3.05) is 6.54 Å². The van der Waals surface area contributed by atoms with E-state index < -0.39 is 5.60 Å². The van der Waals surface area contributed by atoms with Gasteiger partial charge in [0.15, 0.2) is 0 Å². The highest BCUT2D eigenvalue weighted by atomic mass is 16.6. The van der Waals surface area contributed by atoms with E-state index in [2.05, 4.69) is 9.55 Å². The molecule has 5 nitrogen and oxygen atoms in total. The summed E-state index contributed by atoms with van der Waals surface area (Å²) in [6.07, 6.45) is 2.14. The topological polar surface area (TPSA) is 47.4 Å². The van der Waals surface area contributed by atoms with Gasteiger partial charge in [-0.15, -0.1) is 0 Å². The van der Waals surface area contributed by atoms with Gasteiger partial charge in [0.05, 0.1) is 17.6 Å². The summed E-state index contributed by atoms with van der Waals surface area (Å²) in [6.45, 7) is 6.93. The molecule has 124 valence electrons. The number of hydrogen-bond donors (Lipinski definition) is 0. The number of aryl methyl sites for hydroxylation is 1. The second-order valence-electron chi connectivity index (χ2n) is 7.38. The molecule has 1 aliphatic carbocycles. The summed E-state index contributed by atoms with van der Waals surface area (Å²) in [5.41, 5.74) is 1.56. The Kier molecular flexibility index (Phi) is 4.04.